The van der Waals surface area contributed by atoms with Gasteiger partial charge in [0.15, 0.2) is 0 Å². The molecule has 2 aliphatic heterocycles. The van der Waals surface area contributed by atoms with Crippen LogP contribution in [0.15, 0.2) is 18.2 Å². The Morgan fingerprint density at radius 2 is 1.97 bits per heavy atom. The van der Waals surface area contributed by atoms with Crippen LogP contribution in [0.3, 0.4) is 0 Å². The zero-order valence-electron chi connectivity index (χ0n) is 17.4. The molecule has 0 atom stereocenters. The van der Waals surface area contributed by atoms with Gasteiger partial charge in [-0.05, 0) is 88.0 Å². The lowest BCUT2D eigenvalue weighted by molar-refractivity contribution is -0.121. The van der Waals surface area contributed by atoms with E-state index in [1.54, 1.807) is 0 Å². The van der Waals surface area contributed by atoms with Gasteiger partial charge in [-0.25, -0.2) is 0 Å². The summed E-state index contributed by atoms with van der Waals surface area (Å²) < 4.78 is 5.75. The van der Waals surface area contributed by atoms with Crippen LogP contribution < -0.4 is 10.1 Å². The fraction of sp³-hybridized carbons (Fsp3) is 0.667. The van der Waals surface area contributed by atoms with Crippen molar-refractivity contribution < 1.29 is 9.53 Å². The zero-order valence-corrected chi connectivity index (χ0v) is 17.4. The summed E-state index contributed by atoms with van der Waals surface area (Å²) in [5, 5.41) is 11.6. The Labute approximate surface area is 174 Å². The first-order valence-electron chi connectivity index (χ1n) is 11.4. The Kier molecular flexibility index (Phi) is 6.71. The van der Waals surface area contributed by atoms with Crippen LogP contribution in [-0.4, -0.2) is 43.1 Å². The first-order chi connectivity index (χ1) is 14.2. The topological polar surface area (TPSA) is 65.4 Å². The molecule has 4 rings (SSSR count). The molecule has 156 valence electrons. The minimum Gasteiger partial charge on any atom is -0.493 e. The largest absolute Gasteiger partial charge is 0.493 e. The number of amides is 1. The number of nitrogens with zero attached hydrogens (tertiary/aromatic N) is 2. The second kappa shape index (κ2) is 9.63. The van der Waals surface area contributed by atoms with E-state index in [0.29, 0.717) is 5.92 Å². The van der Waals surface area contributed by atoms with Gasteiger partial charge in [0.05, 0.1) is 12.7 Å². The van der Waals surface area contributed by atoms with Crippen molar-refractivity contribution in [3.05, 3.63) is 29.3 Å². The number of nitrogens with one attached hydrogen (secondary N) is 1. The summed E-state index contributed by atoms with van der Waals surface area (Å²) in [6.07, 6.45) is 9.37. The zero-order chi connectivity index (χ0) is 20.1. The molecule has 29 heavy (non-hydrogen) atoms. The molecule has 1 N–H and O–H groups in total. The highest BCUT2D eigenvalue weighted by molar-refractivity contribution is 5.78. The number of hydrogen-bond donors (Lipinski definition) is 1. The van der Waals surface area contributed by atoms with Crippen molar-refractivity contribution in [2.24, 2.45) is 5.92 Å². The van der Waals surface area contributed by atoms with Gasteiger partial charge < -0.3 is 15.0 Å². The maximum Gasteiger partial charge on any atom is 0.234 e. The third kappa shape index (κ3) is 5.11. The van der Waals surface area contributed by atoms with Gasteiger partial charge in [-0.3, -0.25) is 4.79 Å². The molecule has 0 bridgehead atoms. The molecule has 1 amide bonds. The lowest BCUT2D eigenvalue weighted by atomic mass is 9.83. The SMILES string of the molecule is N#CCC(=O)N[C@H]1CC[C@H](CCN2CCC(c3cccc4c3CCO4)CC2)CC1. The Bertz CT molecular complexity index is 741. The summed E-state index contributed by atoms with van der Waals surface area (Å²) in [6.45, 7) is 4.46. The summed E-state index contributed by atoms with van der Waals surface area (Å²) in [5.74, 6) is 2.47. The number of rotatable bonds is 6. The van der Waals surface area contributed by atoms with Gasteiger partial charge in [0, 0.05) is 18.0 Å². The second-order valence-corrected chi connectivity index (χ2v) is 8.95. The van der Waals surface area contributed by atoms with Crippen molar-refractivity contribution in [3.63, 3.8) is 0 Å². The van der Waals surface area contributed by atoms with E-state index < -0.39 is 0 Å². The second-order valence-electron chi connectivity index (χ2n) is 8.95. The number of nitriles is 1. The van der Waals surface area contributed by atoms with Gasteiger partial charge in [-0.1, -0.05) is 12.1 Å². The number of likely N-dealkylation sites (tertiary alicyclic amines) is 1. The number of ether oxygens (including phenoxy) is 1. The molecule has 5 heteroatoms. The van der Waals surface area contributed by atoms with E-state index in [1.807, 2.05) is 6.07 Å². The molecule has 1 saturated carbocycles. The molecule has 1 saturated heterocycles. The van der Waals surface area contributed by atoms with Crippen LogP contribution in [-0.2, 0) is 11.2 Å². The van der Waals surface area contributed by atoms with Gasteiger partial charge in [0.1, 0.15) is 12.2 Å². The molecular weight excluding hydrogens is 362 g/mol. The summed E-state index contributed by atoms with van der Waals surface area (Å²) in [4.78, 5) is 14.2. The van der Waals surface area contributed by atoms with Crippen LogP contribution in [0.25, 0.3) is 0 Å². The van der Waals surface area contributed by atoms with Crippen LogP contribution in [0.1, 0.15) is 68.4 Å². The molecule has 0 radical (unpaired) electrons. The van der Waals surface area contributed by atoms with Crippen molar-refractivity contribution in [2.45, 2.75) is 69.7 Å². The lowest BCUT2D eigenvalue weighted by Gasteiger charge is -2.35. The van der Waals surface area contributed by atoms with Crippen LogP contribution in [0.2, 0.25) is 0 Å². The van der Waals surface area contributed by atoms with Crippen molar-refractivity contribution in [2.75, 3.05) is 26.2 Å². The van der Waals surface area contributed by atoms with E-state index in [9.17, 15) is 4.79 Å². The van der Waals surface area contributed by atoms with Gasteiger partial charge in [-0.15, -0.1) is 0 Å². The van der Waals surface area contributed by atoms with E-state index in [2.05, 4.69) is 28.4 Å². The van der Waals surface area contributed by atoms with Gasteiger partial charge >= 0.3 is 0 Å². The normalized spacial score (nSPS) is 25.1. The predicted octanol–water partition coefficient (Wildman–Crippen LogP) is 3.78. The number of carbonyl (C=O) groups excluding carboxylic acids is 1. The van der Waals surface area contributed by atoms with E-state index in [0.717, 1.165) is 37.5 Å². The molecule has 0 aromatic heterocycles. The third-order valence-electron chi connectivity index (χ3n) is 7.11. The van der Waals surface area contributed by atoms with Crippen molar-refractivity contribution in [1.82, 2.24) is 10.2 Å². The summed E-state index contributed by atoms with van der Waals surface area (Å²) in [5.41, 5.74) is 3.00. The molecular formula is C24H33N3O2. The summed E-state index contributed by atoms with van der Waals surface area (Å²) in [6, 6.07) is 8.80. The maximum absolute atomic E-state index is 11.6. The molecule has 0 unspecified atom stereocenters. The average molecular weight is 396 g/mol. The highest BCUT2D eigenvalue weighted by atomic mass is 16.5. The van der Waals surface area contributed by atoms with E-state index in [1.165, 1.54) is 62.9 Å². The fourth-order valence-corrected chi connectivity index (χ4v) is 5.41. The van der Waals surface area contributed by atoms with Crippen LogP contribution in [0.4, 0.5) is 0 Å². The first kappa shape index (κ1) is 20.2. The number of benzene rings is 1. The molecule has 2 fully saturated rings. The number of hydrogen-bond acceptors (Lipinski definition) is 4. The van der Waals surface area contributed by atoms with Crippen molar-refractivity contribution in [3.8, 4) is 11.8 Å². The van der Waals surface area contributed by atoms with E-state index in [4.69, 9.17) is 10.00 Å². The van der Waals surface area contributed by atoms with Crippen LogP contribution >= 0.6 is 0 Å². The van der Waals surface area contributed by atoms with Gasteiger partial charge in [0.25, 0.3) is 0 Å². The molecule has 5 nitrogen and oxygen atoms in total. The number of piperidine rings is 1. The van der Waals surface area contributed by atoms with Crippen LogP contribution in [0.5, 0.6) is 5.75 Å². The molecule has 3 aliphatic rings. The minimum absolute atomic E-state index is 0.0192. The number of fused-ring (bicyclic) bond motifs is 1. The quantitative estimate of drug-likeness (QED) is 0.796. The van der Waals surface area contributed by atoms with Gasteiger partial charge in [0.2, 0.25) is 5.91 Å². The van der Waals surface area contributed by atoms with E-state index >= 15 is 0 Å². The molecule has 1 aromatic carbocycles. The monoisotopic (exact) mass is 395 g/mol. The third-order valence-corrected chi connectivity index (χ3v) is 7.11. The van der Waals surface area contributed by atoms with E-state index in [-0.39, 0.29) is 18.4 Å². The Morgan fingerprint density at radius 3 is 2.72 bits per heavy atom. The predicted molar refractivity (Wildman–Crippen MR) is 113 cm³/mol. The Balaban J connectivity index is 1.17. The van der Waals surface area contributed by atoms with Crippen LogP contribution in [0, 0.1) is 17.2 Å². The Hall–Kier alpha value is -2.06. The van der Waals surface area contributed by atoms with Crippen molar-refractivity contribution >= 4 is 5.91 Å². The summed E-state index contributed by atoms with van der Waals surface area (Å²) in [7, 11) is 0. The number of carbonyl (C=O) groups is 1. The highest BCUT2D eigenvalue weighted by Crippen LogP contribution is 2.37. The highest BCUT2D eigenvalue weighted by Gasteiger charge is 2.27. The standard InChI is InChI=1S/C24H33N3O2/c25-13-8-24(28)26-20-6-4-18(5-7-20)9-14-27-15-10-19(11-16-27)21-2-1-3-23-22(21)12-17-29-23/h1-3,18-20H,4-12,14-17H2,(H,26,28)/t18-,20-. The van der Waals surface area contributed by atoms with Gasteiger partial charge in [-0.2, -0.15) is 5.26 Å². The first-order valence-corrected chi connectivity index (χ1v) is 11.4. The summed E-state index contributed by atoms with van der Waals surface area (Å²) >= 11 is 0. The Morgan fingerprint density at radius 1 is 1.17 bits per heavy atom. The molecule has 0 spiro atoms. The maximum atomic E-state index is 11.6. The smallest absolute Gasteiger partial charge is 0.234 e. The molecule has 2 heterocycles. The fourth-order valence-electron chi connectivity index (χ4n) is 5.41. The molecule has 1 aromatic rings. The van der Waals surface area contributed by atoms with Crippen molar-refractivity contribution in [1.29, 1.82) is 5.26 Å². The molecule has 1 aliphatic carbocycles. The minimum atomic E-state index is -0.116. The average Bonchev–Trinajstić information content (AvgIpc) is 3.23. The lowest BCUT2D eigenvalue weighted by Crippen LogP contribution is -2.38.